The van der Waals surface area contributed by atoms with Gasteiger partial charge in [-0.05, 0) is 68.2 Å². The van der Waals surface area contributed by atoms with Crippen LogP contribution in [0.5, 0.6) is 11.5 Å². The van der Waals surface area contributed by atoms with Gasteiger partial charge in [0.25, 0.3) is 0 Å². The summed E-state index contributed by atoms with van der Waals surface area (Å²) in [5.41, 5.74) is 6.59. The fourth-order valence-electron chi connectivity index (χ4n) is 4.67. The van der Waals surface area contributed by atoms with Crippen LogP contribution in [-0.2, 0) is 6.42 Å². The number of anilines is 2. The molecule has 2 aromatic carbocycles. The maximum absolute atomic E-state index is 10.4. The molecule has 1 aromatic heterocycles. The Morgan fingerprint density at radius 2 is 2.03 bits per heavy atom. The Labute approximate surface area is 188 Å². The molecule has 0 radical (unpaired) electrons. The molecular formula is C25H30N4O3. The topological polar surface area (TPSA) is 82.6 Å². The molecule has 1 unspecified atom stereocenters. The minimum Gasteiger partial charge on any atom is -0.493 e. The van der Waals surface area contributed by atoms with E-state index in [4.69, 9.17) is 9.47 Å². The Bertz CT molecular complexity index is 1100. The Morgan fingerprint density at radius 1 is 1.19 bits per heavy atom. The predicted molar refractivity (Wildman–Crippen MR) is 125 cm³/mol. The highest BCUT2D eigenvalue weighted by molar-refractivity contribution is 5.81. The van der Waals surface area contributed by atoms with Crippen LogP contribution < -0.4 is 14.8 Å². The normalized spacial score (nSPS) is 16.0. The van der Waals surface area contributed by atoms with Gasteiger partial charge >= 0.3 is 0 Å². The fraction of sp³-hybridized carbons (Fsp3) is 0.400. The summed E-state index contributed by atoms with van der Waals surface area (Å²) in [5.74, 6) is 2.16. The van der Waals surface area contributed by atoms with Crippen molar-refractivity contribution in [3.8, 4) is 22.8 Å². The number of benzene rings is 2. The van der Waals surface area contributed by atoms with E-state index in [0.717, 1.165) is 53.4 Å². The quantitative estimate of drug-likeness (QED) is 0.390. The lowest BCUT2D eigenvalue weighted by Gasteiger charge is -2.20. The summed E-state index contributed by atoms with van der Waals surface area (Å²) in [5, 5.41) is 21.5. The van der Waals surface area contributed by atoms with Crippen molar-refractivity contribution in [3.05, 3.63) is 53.1 Å². The second-order valence-electron chi connectivity index (χ2n) is 8.73. The number of hydrogen-bond donors (Lipinski definition) is 3. The third kappa shape index (κ3) is 4.18. The van der Waals surface area contributed by atoms with E-state index in [1.54, 1.807) is 7.11 Å². The molecule has 0 spiro atoms. The minimum atomic E-state index is -0.520. The summed E-state index contributed by atoms with van der Waals surface area (Å²) in [6, 6.07) is 12.3. The molecule has 2 aliphatic rings. The third-order valence-corrected chi connectivity index (χ3v) is 6.27. The number of H-pyrrole nitrogens is 1. The Morgan fingerprint density at radius 3 is 2.81 bits per heavy atom. The van der Waals surface area contributed by atoms with Gasteiger partial charge in [0.05, 0.1) is 12.8 Å². The molecule has 1 aliphatic carbocycles. The molecule has 1 aliphatic heterocycles. The number of nitrogens with one attached hydrogen (secondary N) is 2. The van der Waals surface area contributed by atoms with Crippen molar-refractivity contribution in [2.75, 3.05) is 38.7 Å². The van der Waals surface area contributed by atoms with Crippen molar-refractivity contribution < 1.29 is 14.6 Å². The van der Waals surface area contributed by atoms with Crippen LogP contribution in [0.1, 0.15) is 29.5 Å². The number of likely N-dealkylation sites (tertiary alicyclic amines) is 1. The van der Waals surface area contributed by atoms with E-state index in [1.165, 1.54) is 18.4 Å². The molecule has 3 N–H and O–H groups in total. The molecule has 1 atom stereocenters. The van der Waals surface area contributed by atoms with Crippen LogP contribution in [0.15, 0.2) is 36.4 Å². The lowest BCUT2D eigenvalue weighted by atomic mass is 10.1. The van der Waals surface area contributed by atoms with E-state index in [0.29, 0.717) is 18.0 Å². The van der Waals surface area contributed by atoms with Crippen molar-refractivity contribution in [1.82, 2.24) is 15.1 Å². The average Bonchev–Trinajstić information content (AvgIpc) is 3.50. The van der Waals surface area contributed by atoms with Crippen molar-refractivity contribution >= 4 is 11.5 Å². The van der Waals surface area contributed by atoms with Crippen LogP contribution in [0.4, 0.5) is 11.5 Å². The van der Waals surface area contributed by atoms with Gasteiger partial charge in [-0.15, -0.1) is 0 Å². The summed E-state index contributed by atoms with van der Waals surface area (Å²) in [6.07, 6.45) is 2.66. The molecule has 1 saturated heterocycles. The summed E-state index contributed by atoms with van der Waals surface area (Å²) in [7, 11) is 1.64. The zero-order valence-electron chi connectivity index (χ0n) is 18.6. The Kier molecular flexibility index (Phi) is 5.76. The highest BCUT2D eigenvalue weighted by Gasteiger charge is 2.27. The minimum absolute atomic E-state index is 0.249. The molecule has 1 fully saturated rings. The number of fused-ring (bicyclic) bond motifs is 3. The van der Waals surface area contributed by atoms with E-state index >= 15 is 0 Å². The van der Waals surface area contributed by atoms with Gasteiger partial charge in [0, 0.05) is 29.8 Å². The molecule has 0 bridgehead atoms. The fourth-order valence-corrected chi connectivity index (χ4v) is 4.67. The van der Waals surface area contributed by atoms with Crippen molar-refractivity contribution in [2.24, 2.45) is 0 Å². The first-order valence-electron chi connectivity index (χ1n) is 11.3. The van der Waals surface area contributed by atoms with Gasteiger partial charge in [0.15, 0.2) is 17.3 Å². The molecule has 168 valence electrons. The first kappa shape index (κ1) is 20.8. The van der Waals surface area contributed by atoms with E-state index in [-0.39, 0.29) is 6.61 Å². The van der Waals surface area contributed by atoms with Crippen LogP contribution in [0.25, 0.3) is 11.3 Å². The number of ether oxygens (including phenoxy) is 2. The maximum atomic E-state index is 10.4. The van der Waals surface area contributed by atoms with Crippen LogP contribution in [0, 0.1) is 6.92 Å². The smallest absolute Gasteiger partial charge is 0.161 e. The second kappa shape index (κ2) is 8.84. The highest BCUT2D eigenvalue weighted by Crippen LogP contribution is 2.44. The first-order chi connectivity index (χ1) is 15.6. The lowest BCUT2D eigenvalue weighted by Crippen LogP contribution is -2.33. The Balaban J connectivity index is 1.31. The largest absolute Gasteiger partial charge is 0.493 e. The van der Waals surface area contributed by atoms with E-state index in [9.17, 15) is 5.11 Å². The standard InChI is InChI=1S/C25H30N4O3/c1-16-6-5-7-18(10-16)26-25-21-11-17-12-23(22(31-2)13-20(17)24(21)27-28-25)32-15-19(30)14-29-8-3-4-9-29/h5-7,10,12-13,19,30H,3-4,8-9,11,14-15H2,1-2H3,(H2,26,27,28). The number of methoxy groups -OCH3 is 1. The zero-order chi connectivity index (χ0) is 22.1. The second-order valence-corrected chi connectivity index (χ2v) is 8.73. The Hall–Kier alpha value is -3.03. The van der Waals surface area contributed by atoms with Crippen molar-refractivity contribution in [2.45, 2.75) is 32.3 Å². The number of aromatic nitrogens is 2. The monoisotopic (exact) mass is 434 g/mol. The molecule has 0 amide bonds. The molecule has 3 aromatic rings. The summed E-state index contributed by atoms with van der Waals surface area (Å²) in [4.78, 5) is 2.29. The van der Waals surface area contributed by atoms with Crippen molar-refractivity contribution in [3.63, 3.8) is 0 Å². The number of aromatic amines is 1. The molecule has 32 heavy (non-hydrogen) atoms. The van der Waals surface area contributed by atoms with Gasteiger partial charge in [0.2, 0.25) is 0 Å². The number of aliphatic hydroxyl groups is 1. The first-order valence-corrected chi connectivity index (χ1v) is 11.3. The SMILES string of the molecule is COc1cc2c(cc1OCC(O)CN1CCCC1)Cc1c(Nc3cccc(C)c3)n[nH]c1-2. The van der Waals surface area contributed by atoms with Gasteiger partial charge in [-0.25, -0.2) is 0 Å². The molecule has 7 heteroatoms. The van der Waals surface area contributed by atoms with Gasteiger partial charge in [-0.1, -0.05) is 12.1 Å². The average molecular weight is 435 g/mol. The number of aryl methyl sites for hydroxylation is 1. The van der Waals surface area contributed by atoms with Crippen LogP contribution in [-0.4, -0.2) is 59.7 Å². The lowest BCUT2D eigenvalue weighted by molar-refractivity contribution is 0.0747. The van der Waals surface area contributed by atoms with E-state index in [1.807, 2.05) is 24.3 Å². The van der Waals surface area contributed by atoms with Crippen molar-refractivity contribution in [1.29, 1.82) is 0 Å². The summed E-state index contributed by atoms with van der Waals surface area (Å²) >= 11 is 0. The van der Waals surface area contributed by atoms with Gasteiger partial charge in [-0.2, -0.15) is 5.10 Å². The maximum Gasteiger partial charge on any atom is 0.161 e. The molecular weight excluding hydrogens is 404 g/mol. The van der Waals surface area contributed by atoms with E-state index in [2.05, 4.69) is 39.5 Å². The van der Waals surface area contributed by atoms with Crippen LogP contribution in [0.2, 0.25) is 0 Å². The zero-order valence-corrected chi connectivity index (χ0v) is 18.6. The molecule has 5 rings (SSSR count). The predicted octanol–water partition coefficient (Wildman–Crippen LogP) is 3.88. The summed E-state index contributed by atoms with van der Waals surface area (Å²) in [6.45, 7) is 5.09. The van der Waals surface area contributed by atoms with Gasteiger partial charge < -0.3 is 24.8 Å². The highest BCUT2D eigenvalue weighted by atomic mass is 16.5. The van der Waals surface area contributed by atoms with Crippen LogP contribution in [0.3, 0.4) is 0 Å². The number of nitrogens with zero attached hydrogens (tertiary/aromatic N) is 2. The van der Waals surface area contributed by atoms with Gasteiger partial charge in [0.1, 0.15) is 12.7 Å². The van der Waals surface area contributed by atoms with Gasteiger partial charge in [-0.3, -0.25) is 5.10 Å². The summed E-state index contributed by atoms with van der Waals surface area (Å²) < 4.78 is 11.6. The van der Waals surface area contributed by atoms with E-state index < -0.39 is 6.10 Å². The molecule has 2 heterocycles. The number of aliphatic hydroxyl groups excluding tert-OH is 1. The molecule has 7 nitrogen and oxygen atoms in total. The number of hydrogen-bond acceptors (Lipinski definition) is 6. The third-order valence-electron chi connectivity index (χ3n) is 6.27. The van der Waals surface area contributed by atoms with Crippen LogP contribution >= 0.6 is 0 Å². The number of rotatable bonds is 8. The molecule has 0 saturated carbocycles. The number of β-amino-alcohol motifs (C(OH)–C–C–N with tert-alkyl or cyclic N) is 1.